The fraction of sp³-hybridized carbons (Fsp3) is 0.562. The molecule has 1 aromatic carbocycles. The van der Waals surface area contributed by atoms with Crippen LogP contribution in [0.2, 0.25) is 0 Å². The van der Waals surface area contributed by atoms with Gasteiger partial charge in [0.2, 0.25) is 5.91 Å². The van der Waals surface area contributed by atoms with E-state index in [2.05, 4.69) is 36.1 Å². The van der Waals surface area contributed by atoms with Crippen LogP contribution in [0.25, 0.3) is 0 Å². The summed E-state index contributed by atoms with van der Waals surface area (Å²) in [4.78, 5) is 16.4. The average molecular weight is 275 g/mol. The minimum absolute atomic E-state index is 0.117. The molecule has 0 aromatic heterocycles. The highest BCUT2D eigenvalue weighted by atomic mass is 16.2. The first kappa shape index (κ1) is 15.0. The molecule has 0 unspecified atom stereocenters. The van der Waals surface area contributed by atoms with Gasteiger partial charge >= 0.3 is 0 Å². The van der Waals surface area contributed by atoms with Crippen LogP contribution in [0, 0.1) is 0 Å². The highest BCUT2D eigenvalue weighted by Gasteiger charge is 2.24. The van der Waals surface area contributed by atoms with Crippen LogP contribution in [-0.2, 0) is 11.3 Å². The van der Waals surface area contributed by atoms with E-state index >= 15 is 0 Å². The molecule has 1 aliphatic heterocycles. The topological polar surface area (TPSA) is 49.6 Å². The molecule has 1 atom stereocenters. The van der Waals surface area contributed by atoms with E-state index in [-0.39, 0.29) is 11.9 Å². The van der Waals surface area contributed by atoms with Crippen LogP contribution < -0.4 is 5.73 Å². The first-order valence-corrected chi connectivity index (χ1v) is 7.51. The molecule has 1 amide bonds. The molecular formula is C16H25N3O. The molecule has 2 rings (SSSR count). The van der Waals surface area contributed by atoms with E-state index in [1.165, 1.54) is 5.56 Å². The van der Waals surface area contributed by atoms with Gasteiger partial charge in [0, 0.05) is 32.7 Å². The highest BCUT2D eigenvalue weighted by Crippen LogP contribution is 2.10. The van der Waals surface area contributed by atoms with Gasteiger partial charge in [0.25, 0.3) is 0 Å². The SMILES string of the molecule is CCC[C@@H](N)C(=O)N1CCN(Cc2ccccc2)CC1. The molecule has 1 fully saturated rings. The zero-order valence-electron chi connectivity index (χ0n) is 12.3. The molecule has 2 N–H and O–H groups in total. The molecule has 4 heteroatoms. The Bertz CT molecular complexity index is 413. The number of hydrogen-bond acceptors (Lipinski definition) is 3. The predicted molar refractivity (Wildman–Crippen MR) is 81.2 cm³/mol. The zero-order valence-corrected chi connectivity index (χ0v) is 12.3. The number of rotatable bonds is 5. The van der Waals surface area contributed by atoms with Gasteiger partial charge in [-0.3, -0.25) is 9.69 Å². The lowest BCUT2D eigenvalue weighted by Gasteiger charge is -2.35. The maximum Gasteiger partial charge on any atom is 0.239 e. The number of piperazine rings is 1. The molecular weight excluding hydrogens is 250 g/mol. The Morgan fingerprint density at radius 2 is 1.85 bits per heavy atom. The van der Waals surface area contributed by atoms with E-state index in [4.69, 9.17) is 5.73 Å². The number of amides is 1. The quantitative estimate of drug-likeness (QED) is 0.885. The number of hydrogen-bond donors (Lipinski definition) is 1. The van der Waals surface area contributed by atoms with Gasteiger partial charge in [-0.25, -0.2) is 0 Å². The fourth-order valence-electron chi connectivity index (χ4n) is 2.64. The lowest BCUT2D eigenvalue weighted by Crippen LogP contribution is -2.52. The standard InChI is InChI=1S/C16H25N3O/c1-2-6-15(17)16(20)19-11-9-18(10-12-19)13-14-7-4-3-5-8-14/h3-5,7-8,15H,2,6,9-13,17H2,1H3/t15-/m1/s1. The summed E-state index contributed by atoms with van der Waals surface area (Å²) in [7, 11) is 0. The number of nitrogens with zero attached hydrogens (tertiary/aromatic N) is 2. The van der Waals surface area contributed by atoms with Gasteiger partial charge < -0.3 is 10.6 Å². The second kappa shape index (κ2) is 7.41. The maximum atomic E-state index is 12.1. The Labute approximate surface area is 121 Å². The molecule has 1 aliphatic rings. The van der Waals surface area contributed by atoms with Crippen LogP contribution in [-0.4, -0.2) is 47.9 Å². The average Bonchev–Trinajstić information content (AvgIpc) is 2.48. The minimum Gasteiger partial charge on any atom is -0.339 e. The molecule has 1 aromatic rings. The third-order valence-electron chi connectivity index (χ3n) is 3.85. The summed E-state index contributed by atoms with van der Waals surface area (Å²) < 4.78 is 0. The van der Waals surface area contributed by atoms with Gasteiger partial charge in [-0.2, -0.15) is 0 Å². The maximum absolute atomic E-state index is 12.1. The van der Waals surface area contributed by atoms with Gasteiger partial charge in [0.05, 0.1) is 6.04 Å². The largest absolute Gasteiger partial charge is 0.339 e. The summed E-state index contributed by atoms with van der Waals surface area (Å²) in [6, 6.07) is 10.1. The van der Waals surface area contributed by atoms with Crippen molar-refractivity contribution in [1.82, 2.24) is 9.80 Å². The predicted octanol–water partition coefficient (Wildman–Crippen LogP) is 1.46. The summed E-state index contributed by atoms with van der Waals surface area (Å²) in [5.41, 5.74) is 7.24. The van der Waals surface area contributed by atoms with Crippen molar-refractivity contribution in [2.45, 2.75) is 32.4 Å². The van der Waals surface area contributed by atoms with E-state index < -0.39 is 0 Å². The normalized spacial score (nSPS) is 18.0. The van der Waals surface area contributed by atoms with E-state index in [1.807, 2.05) is 11.0 Å². The summed E-state index contributed by atoms with van der Waals surface area (Å²) in [5.74, 6) is 0.117. The van der Waals surface area contributed by atoms with Crippen molar-refractivity contribution in [3.63, 3.8) is 0 Å². The second-order valence-corrected chi connectivity index (χ2v) is 5.48. The van der Waals surface area contributed by atoms with Gasteiger partial charge in [0.1, 0.15) is 0 Å². The van der Waals surface area contributed by atoms with Crippen molar-refractivity contribution in [2.75, 3.05) is 26.2 Å². The first-order valence-electron chi connectivity index (χ1n) is 7.51. The summed E-state index contributed by atoms with van der Waals surface area (Å²) in [6.45, 7) is 6.47. The molecule has 0 aliphatic carbocycles. The van der Waals surface area contributed by atoms with Crippen LogP contribution in [0.15, 0.2) is 30.3 Å². The van der Waals surface area contributed by atoms with Crippen molar-refractivity contribution < 1.29 is 4.79 Å². The molecule has 0 bridgehead atoms. The Balaban J connectivity index is 1.79. The third-order valence-corrected chi connectivity index (χ3v) is 3.85. The van der Waals surface area contributed by atoms with Crippen LogP contribution in [0.3, 0.4) is 0 Å². The van der Waals surface area contributed by atoms with Gasteiger partial charge in [-0.05, 0) is 12.0 Å². The Morgan fingerprint density at radius 3 is 2.45 bits per heavy atom. The van der Waals surface area contributed by atoms with E-state index in [0.717, 1.165) is 45.6 Å². The number of benzene rings is 1. The summed E-state index contributed by atoms with van der Waals surface area (Å²) in [5, 5.41) is 0. The summed E-state index contributed by atoms with van der Waals surface area (Å²) >= 11 is 0. The monoisotopic (exact) mass is 275 g/mol. The van der Waals surface area contributed by atoms with Crippen LogP contribution in [0.4, 0.5) is 0 Å². The first-order chi connectivity index (χ1) is 9.70. The zero-order chi connectivity index (χ0) is 14.4. The molecule has 0 radical (unpaired) electrons. The van der Waals surface area contributed by atoms with E-state index in [9.17, 15) is 4.79 Å². The summed E-state index contributed by atoms with van der Waals surface area (Å²) in [6.07, 6.45) is 1.74. The smallest absolute Gasteiger partial charge is 0.239 e. The van der Waals surface area contributed by atoms with Crippen LogP contribution >= 0.6 is 0 Å². The molecule has 110 valence electrons. The lowest BCUT2D eigenvalue weighted by molar-refractivity contribution is -0.134. The number of carbonyl (C=O) groups excluding carboxylic acids is 1. The van der Waals surface area contributed by atoms with Gasteiger partial charge in [-0.15, -0.1) is 0 Å². The van der Waals surface area contributed by atoms with Crippen molar-refractivity contribution in [3.8, 4) is 0 Å². The van der Waals surface area contributed by atoms with Gasteiger partial charge in [0.15, 0.2) is 0 Å². The Morgan fingerprint density at radius 1 is 1.20 bits per heavy atom. The van der Waals surface area contributed by atoms with Crippen molar-refractivity contribution in [3.05, 3.63) is 35.9 Å². The molecule has 0 saturated carbocycles. The van der Waals surface area contributed by atoms with E-state index in [0.29, 0.717) is 0 Å². The van der Waals surface area contributed by atoms with Crippen molar-refractivity contribution in [2.24, 2.45) is 5.73 Å². The van der Waals surface area contributed by atoms with Crippen molar-refractivity contribution in [1.29, 1.82) is 0 Å². The molecule has 1 heterocycles. The number of carbonyl (C=O) groups is 1. The fourth-order valence-corrected chi connectivity index (χ4v) is 2.64. The molecule has 4 nitrogen and oxygen atoms in total. The number of nitrogens with two attached hydrogens (primary N) is 1. The second-order valence-electron chi connectivity index (χ2n) is 5.48. The molecule has 0 spiro atoms. The van der Waals surface area contributed by atoms with Gasteiger partial charge in [-0.1, -0.05) is 43.7 Å². The molecule has 1 saturated heterocycles. The lowest BCUT2D eigenvalue weighted by atomic mass is 10.1. The van der Waals surface area contributed by atoms with Crippen LogP contribution in [0.5, 0.6) is 0 Å². The third kappa shape index (κ3) is 4.05. The Hall–Kier alpha value is -1.39. The van der Waals surface area contributed by atoms with Crippen molar-refractivity contribution >= 4 is 5.91 Å². The van der Waals surface area contributed by atoms with Crippen LogP contribution in [0.1, 0.15) is 25.3 Å². The van der Waals surface area contributed by atoms with E-state index in [1.54, 1.807) is 0 Å². The highest BCUT2D eigenvalue weighted by molar-refractivity contribution is 5.81. The Kier molecular flexibility index (Phi) is 5.56. The minimum atomic E-state index is -0.319. The molecule has 20 heavy (non-hydrogen) atoms.